The number of carbonyl (C=O) groups is 1. The van der Waals surface area contributed by atoms with Crippen molar-refractivity contribution in [3.63, 3.8) is 0 Å². The number of ether oxygens (including phenoxy) is 2. The van der Waals surface area contributed by atoms with E-state index in [1.807, 2.05) is 31.2 Å². The van der Waals surface area contributed by atoms with Gasteiger partial charge in [0.25, 0.3) is 0 Å². The lowest BCUT2D eigenvalue weighted by molar-refractivity contribution is 0.00221. The summed E-state index contributed by atoms with van der Waals surface area (Å²) in [6.07, 6.45) is 3.50. The minimum absolute atomic E-state index is 0.0973. The maximum Gasteiger partial charge on any atom is 0.321 e. The third-order valence-corrected chi connectivity index (χ3v) is 3.69. The molecule has 116 valence electrons. The van der Waals surface area contributed by atoms with Crippen LogP contribution in [0.2, 0.25) is 0 Å². The SMILES string of the molecule is CCN(C[C@@H]1CCCCO1)C(=O)Nc1cccc(OC)c1. The van der Waals surface area contributed by atoms with Crippen LogP contribution in [0, 0.1) is 0 Å². The smallest absolute Gasteiger partial charge is 0.321 e. The summed E-state index contributed by atoms with van der Waals surface area (Å²) in [5, 5.41) is 2.91. The molecule has 2 amide bonds. The molecule has 1 atom stereocenters. The maximum absolute atomic E-state index is 12.3. The highest BCUT2D eigenvalue weighted by molar-refractivity contribution is 5.89. The Morgan fingerprint density at radius 3 is 3.00 bits per heavy atom. The molecule has 0 unspecified atom stereocenters. The number of rotatable bonds is 5. The van der Waals surface area contributed by atoms with Gasteiger partial charge in [0.05, 0.1) is 13.2 Å². The van der Waals surface area contributed by atoms with Crippen LogP contribution in [-0.4, -0.2) is 43.8 Å². The number of methoxy groups -OCH3 is 1. The summed E-state index contributed by atoms with van der Waals surface area (Å²) in [4.78, 5) is 14.1. The van der Waals surface area contributed by atoms with E-state index in [1.165, 1.54) is 6.42 Å². The fourth-order valence-electron chi connectivity index (χ4n) is 2.46. The Kier molecular flexibility index (Phi) is 5.87. The Morgan fingerprint density at radius 1 is 1.48 bits per heavy atom. The second-order valence-corrected chi connectivity index (χ2v) is 5.19. The highest BCUT2D eigenvalue weighted by Crippen LogP contribution is 2.18. The Bertz CT molecular complexity index is 459. The first-order valence-electron chi connectivity index (χ1n) is 7.54. The first-order valence-corrected chi connectivity index (χ1v) is 7.54. The van der Waals surface area contributed by atoms with Crippen LogP contribution in [0.3, 0.4) is 0 Å². The first kappa shape index (κ1) is 15.6. The van der Waals surface area contributed by atoms with E-state index >= 15 is 0 Å². The van der Waals surface area contributed by atoms with E-state index in [0.29, 0.717) is 13.1 Å². The van der Waals surface area contributed by atoms with Crippen LogP contribution in [0.1, 0.15) is 26.2 Å². The van der Waals surface area contributed by atoms with E-state index < -0.39 is 0 Å². The number of likely N-dealkylation sites (N-methyl/N-ethyl adjacent to an activating group) is 1. The van der Waals surface area contributed by atoms with Crippen molar-refractivity contribution in [1.82, 2.24) is 4.90 Å². The van der Waals surface area contributed by atoms with E-state index in [0.717, 1.165) is 30.9 Å². The number of anilines is 1. The van der Waals surface area contributed by atoms with E-state index in [2.05, 4.69) is 5.32 Å². The van der Waals surface area contributed by atoms with Crippen molar-refractivity contribution in [2.24, 2.45) is 0 Å². The molecule has 0 aliphatic carbocycles. The van der Waals surface area contributed by atoms with Gasteiger partial charge in [-0.25, -0.2) is 4.79 Å². The lowest BCUT2D eigenvalue weighted by Gasteiger charge is -2.29. The number of urea groups is 1. The number of carbonyl (C=O) groups excluding carboxylic acids is 1. The van der Waals surface area contributed by atoms with Crippen molar-refractivity contribution in [2.45, 2.75) is 32.3 Å². The zero-order chi connectivity index (χ0) is 15.1. The molecule has 1 aromatic rings. The van der Waals surface area contributed by atoms with Crippen molar-refractivity contribution in [3.8, 4) is 5.75 Å². The summed E-state index contributed by atoms with van der Waals surface area (Å²) in [5.41, 5.74) is 0.738. The highest BCUT2D eigenvalue weighted by Gasteiger charge is 2.20. The van der Waals surface area contributed by atoms with Crippen LogP contribution >= 0.6 is 0 Å². The predicted octanol–water partition coefficient (Wildman–Crippen LogP) is 3.12. The standard InChI is InChI=1S/C16H24N2O3/c1-3-18(12-15-8-4-5-10-21-15)16(19)17-13-7-6-9-14(11-13)20-2/h6-7,9,11,15H,3-5,8,10,12H2,1-2H3,(H,17,19)/t15-/m0/s1. The molecule has 0 aromatic heterocycles. The van der Waals surface area contributed by atoms with Crippen LogP contribution in [0.5, 0.6) is 5.75 Å². The molecule has 1 aliphatic heterocycles. The van der Waals surface area contributed by atoms with Gasteiger partial charge in [0, 0.05) is 31.5 Å². The van der Waals surface area contributed by atoms with Gasteiger partial charge in [0.15, 0.2) is 0 Å². The molecule has 5 heteroatoms. The van der Waals surface area contributed by atoms with Gasteiger partial charge < -0.3 is 19.7 Å². The second kappa shape index (κ2) is 7.88. The highest BCUT2D eigenvalue weighted by atomic mass is 16.5. The second-order valence-electron chi connectivity index (χ2n) is 5.19. The first-order chi connectivity index (χ1) is 10.2. The maximum atomic E-state index is 12.3. The Balaban J connectivity index is 1.92. The van der Waals surface area contributed by atoms with Gasteiger partial charge in [-0.3, -0.25) is 0 Å². The largest absolute Gasteiger partial charge is 0.497 e. The molecular weight excluding hydrogens is 268 g/mol. The minimum atomic E-state index is -0.0973. The average Bonchev–Trinajstić information content (AvgIpc) is 2.53. The summed E-state index contributed by atoms with van der Waals surface area (Å²) >= 11 is 0. The van der Waals surface area contributed by atoms with Crippen LogP contribution in [0.25, 0.3) is 0 Å². The molecule has 0 saturated carbocycles. The molecule has 1 heterocycles. The number of benzene rings is 1. The average molecular weight is 292 g/mol. The van der Waals surface area contributed by atoms with Crippen LogP contribution in [-0.2, 0) is 4.74 Å². The molecule has 0 radical (unpaired) electrons. The lowest BCUT2D eigenvalue weighted by atomic mass is 10.1. The molecule has 1 fully saturated rings. The molecule has 2 rings (SSSR count). The predicted molar refractivity (Wildman–Crippen MR) is 82.9 cm³/mol. The molecule has 1 aromatic carbocycles. The molecule has 0 bridgehead atoms. The monoisotopic (exact) mass is 292 g/mol. The molecular formula is C16H24N2O3. The molecule has 1 N–H and O–H groups in total. The van der Waals surface area contributed by atoms with E-state index in [9.17, 15) is 4.79 Å². The quantitative estimate of drug-likeness (QED) is 0.907. The zero-order valence-electron chi connectivity index (χ0n) is 12.8. The van der Waals surface area contributed by atoms with Crippen molar-refractivity contribution in [1.29, 1.82) is 0 Å². The number of nitrogens with zero attached hydrogens (tertiary/aromatic N) is 1. The molecule has 1 saturated heterocycles. The topological polar surface area (TPSA) is 50.8 Å². The third kappa shape index (κ3) is 4.63. The van der Waals surface area contributed by atoms with E-state index in [1.54, 1.807) is 12.0 Å². The summed E-state index contributed by atoms with van der Waals surface area (Å²) < 4.78 is 10.9. The Labute approximate surface area is 126 Å². The lowest BCUT2D eigenvalue weighted by Crippen LogP contribution is -2.41. The molecule has 21 heavy (non-hydrogen) atoms. The molecule has 1 aliphatic rings. The van der Waals surface area contributed by atoms with Crippen LogP contribution in [0.15, 0.2) is 24.3 Å². The summed E-state index contributed by atoms with van der Waals surface area (Å²) in [7, 11) is 1.61. The van der Waals surface area contributed by atoms with Gasteiger partial charge in [-0.05, 0) is 38.3 Å². The Hall–Kier alpha value is -1.75. The third-order valence-electron chi connectivity index (χ3n) is 3.69. The minimum Gasteiger partial charge on any atom is -0.497 e. The summed E-state index contributed by atoms with van der Waals surface area (Å²) in [6, 6.07) is 7.27. The number of hydrogen-bond donors (Lipinski definition) is 1. The fourth-order valence-corrected chi connectivity index (χ4v) is 2.46. The van der Waals surface area contributed by atoms with Crippen LogP contribution in [0.4, 0.5) is 10.5 Å². The van der Waals surface area contributed by atoms with Crippen molar-refractivity contribution >= 4 is 11.7 Å². The van der Waals surface area contributed by atoms with Gasteiger partial charge in [-0.15, -0.1) is 0 Å². The molecule has 5 nitrogen and oxygen atoms in total. The van der Waals surface area contributed by atoms with E-state index in [4.69, 9.17) is 9.47 Å². The normalized spacial score (nSPS) is 18.1. The summed E-state index contributed by atoms with van der Waals surface area (Å²) in [5.74, 6) is 0.728. The van der Waals surface area contributed by atoms with Crippen molar-refractivity contribution < 1.29 is 14.3 Å². The van der Waals surface area contributed by atoms with Gasteiger partial charge in [0.2, 0.25) is 0 Å². The van der Waals surface area contributed by atoms with Crippen molar-refractivity contribution in [2.75, 3.05) is 32.1 Å². The van der Waals surface area contributed by atoms with Crippen LogP contribution < -0.4 is 10.1 Å². The van der Waals surface area contributed by atoms with E-state index in [-0.39, 0.29) is 12.1 Å². The van der Waals surface area contributed by atoms with Crippen molar-refractivity contribution in [3.05, 3.63) is 24.3 Å². The zero-order valence-corrected chi connectivity index (χ0v) is 12.8. The summed E-state index contributed by atoms with van der Waals surface area (Å²) in [6.45, 7) is 4.09. The van der Waals surface area contributed by atoms with Gasteiger partial charge >= 0.3 is 6.03 Å². The number of nitrogens with one attached hydrogen (secondary N) is 1. The van der Waals surface area contributed by atoms with Gasteiger partial charge in [-0.2, -0.15) is 0 Å². The molecule has 0 spiro atoms. The van der Waals surface area contributed by atoms with Gasteiger partial charge in [-0.1, -0.05) is 6.07 Å². The Morgan fingerprint density at radius 2 is 2.33 bits per heavy atom. The van der Waals surface area contributed by atoms with Gasteiger partial charge in [0.1, 0.15) is 5.75 Å². The number of amides is 2. The number of hydrogen-bond acceptors (Lipinski definition) is 3. The fraction of sp³-hybridized carbons (Fsp3) is 0.562.